The van der Waals surface area contributed by atoms with E-state index in [2.05, 4.69) is 27.4 Å². The second-order valence-corrected chi connectivity index (χ2v) is 7.02. The molecule has 1 aliphatic heterocycles. The average Bonchev–Trinajstić information content (AvgIpc) is 2.72. The maximum absolute atomic E-state index is 6.05. The minimum absolute atomic E-state index is 0. The van der Waals surface area contributed by atoms with Crippen LogP contribution < -0.4 is 15.4 Å². The predicted octanol–water partition coefficient (Wildman–Crippen LogP) is 3.13. The second kappa shape index (κ2) is 14.9. The highest BCUT2D eigenvalue weighted by molar-refractivity contribution is 14.0. The van der Waals surface area contributed by atoms with Gasteiger partial charge < -0.3 is 25.0 Å². The Balaban J connectivity index is 0.00000392. The van der Waals surface area contributed by atoms with Crippen LogP contribution in [0.25, 0.3) is 0 Å². The zero-order valence-corrected chi connectivity index (χ0v) is 19.9. The Kier molecular flexibility index (Phi) is 13.3. The van der Waals surface area contributed by atoms with E-state index in [9.17, 15) is 0 Å². The summed E-state index contributed by atoms with van der Waals surface area (Å²) < 4.78 is 11.2. The minimum Gasteiger partial charge on any atom is -0.489 e. The number of ether oxygens (including phenoxy) is 2. The van der Waals surface area contributed by atoms with Gasteiger partial charge in [-0.05, 0) is 37.8 Å². The van der Waals surface area contributed by atoms with Crippen LogP contribution >= 0.6 is 24.0 Å². The third-order valence-corrected chi connectivity index (χ3v) is 4.97. The van der Waals surface area contributed by atoms with Crippen molar-refractivity contribution in [3.8, 4) is 5.75 Å². The van der Waals surface area contributed by atoms with Gasteiger partial charge in [0, 0.05) is 46.4 Å². The van der Waals surface area contributed by atoms with Crippen molar-refractivity contribution in [2.45, 2.75) is 44.8 Å². The van der Waals surface area contributed by atoms with E-state index >= 15 is 0 Å². The lowest BCUT2D eigenvalue weighted by atomic mass is 10.1. The molecule has 1 aliphatic rings. The molecule has 1 fully saturated rings. The Morgan fingerprint density at radius 2 is 1.96 bits per heavy atom. The van der Waals surface area contributed by atoms with Gasteiger partial charge in [-0.1, -0.05) is 25.1 Å². The molecule has 0 spiro atoms. The van der Waals surface area contributed by atoms with E-state index in [4.69, 9.17) is 9.47 Å². The van der Waals surface area contributed by atoms with Gasteiger partial charge in [0.2, 0.25) is 0 Å². The number of nitrogens with one attached hydrogen (secondary N) is 2. The number of hydrogen-bond donors (Lipinski definition) is 2. The number of guanidine groups is 1. The molecule has 1 aromatic rings. The third kappa shape index (κ3) is 9.43. The summed E-state index contributed by atoms with van der Waals surface area (Å²) in [6.45, 7) is 7.12. The molecule has 0 amide bonds. The minimum atomic E-state index is 0. The van der Waals surface area contributed by atoms with Gasteiger partial charge in [-0.2, -0.15) is 0 Å². The summed E-state index contributed by atoms with van der Waals surface area (Å²) in [5, 5.41) is 6.99. The second-order valence-electron chi connectivity index (χ2n) is 7.02. The summed E-state index contributed by atoms with van der Waals surface area (Å²) in [6.07, 6.45) is 4.46. The van der Waals surface area contributed by atoms with E-state index < -0.39 is 0 Å². The van der Waals surface area contributed by atoms with Crippen molar-refractivity contribution in [3.63, 3.8) is 0 Å². The Hall–Kier alpha value is -1.06. The van der Waals surface area contributed by atoms with Gasteiger partial charge in [0.25, 0.3) is 0 Å². The number of halogens is 1. The Morgan fingerprint density at radius 3 is 2.57 bits per heavy atom. The Bertz CT molecular complexity index is 536. The average molecular weight is 504 g/mol. The molecule has 1 aromatic carbocycles. The summed E-state index contributed by atoms with van der Waals surface area (Å²) >= 11 is 0. The normalized spacial score (nSPS) is 16.9. The number of hydrogen-bond acceptors (Lipinski definition) is 4. The van der Waals surface area contributed by atoms with E-state index in [1.807, 2.05) is 37.4 Å². The molecule has 6 nitrogen and oxygen atoms in total. The molecule has 0 saturated carbocycles. The van der Waals surface area contributed by atoms with E-state index in [1.165, 1.54) is 0 Å². The fourth-order valence-electron chi connectivity index (χ4n) is 3.29. The first-order valence-electron chi connectivity index (χ1n) is 10.1. The van der Waals surface area contributed by atoms with Gasteiger partial charge in [-0.15, -0.1) is 24.0 Å². The van der Waals surface area contributed by atoms with Crippen molar-refractivity contribution >= 4 is 29.9 Å². The van der Waals surface area contributed by atoms with Crippen molar-refractivity contribution < 1.29 is 9.47 Å². The van der Waals surface area contributed by atoms with Crippen LogP contribution in [-0.2, 0) is 4.74 Å². The van der Waals surface area contributed by atoms with Crippen molar-refractivity contribution in [1.29, 1.82) is 0 Å². The molecule has 1 saturated heterocycles. The molecule has 1 heterocycles. The number of benzene rings is 1. The molecule has 1 unspecified atom stereocenters. The molecule has 28 heavy (non-hydrogen) atoms. The van der Waals surface area contributed by atoms with Crippen molar-refractivity contribution in [3.05, 3.63) is 30.3 Å². The first-order chi connectivity index (χ1) is 13.2. The number of nitrogens with zero attached hydrogens (tertiary/aromatic N) is 2. The summed E-state index contributed by atoms with van der Waals surface area (Å²) in [4.78, 5) is 6.91. The van der Waals surface area contributed by atoms with Crippen molar-refractivity contribution in [2.24, 2.45) is 4.99 Å². The number of para-hydroxylation sites is 1. The van der Waals surface area contributed by atoms with Crippen LogP contribution in [0.5, 0.6) is 5.75 Å². The van der Waals surface area contributed by atoms with Crippen LogP contribution in [0.1, 0.15) is 32.6 Å². The van der Waals surface area contributed by atoms with Gasteiger partial charge >= 0.3 is 0 Å². The predicted molar refractivity (Wildman–Crippen MR) is 127 cm³/mol. The number of rotatable bonds is 10. The molecule has 0 aliphatic carbocycles. The fraction of sp³-hybridized carbons (Fsp3) is 0.667. The maximum atomic E-state index is 6.05. The first kappa shape index (κ1) is 25.0. The van der Waals surface area contributed by atoms with E-state index in [1.54, 1.807) is 7.11 Å². The number of piperidine rings is 1. The molecule has 0 radical (unpaired) electrons. The smallest absolute Gasteiger partial charge is 0.191 e. The highest BCUT2D eigenvalue weighted by Gasteiger charge is 2.20. The zero-order chi connectivity index (χ0) is 19.3. The molecule has 7 heteroatoms. The van der Waals surface area contributed by atoms with Gasteiger partial charge in [-0.3, -0.25) is 4.99 Å². The summed E-state index contributed by atoms with van der Waals surface area (Å²) in [5.41, 5.74) is 0. The van der Waals surface area contributed by atoms with E-state index in [-0.39, 0.29) is 30.1 Å². The molecule has 1 atom stereocenters. The third-order valence-electron chi connectivity index (χ3n) is 4.97. The Labute approximate surface area is 187 Å². The lowest BCUT2D eigenvalue weighted by Gasteiger charge is -2.33. The quantitative estimate of drug-likeness (QED) is 0.222. The molecular formula is C21H37IN4O2. The standard InChI is InChI=1S/C21H36N4O2.HI/c1-4-19(27-20-9-6-5-7-10-20)17-23-21(22-2)24-18-11-14-25(15-12-18)13-8-16-26-3;/h5-7,9-10,18-19H,4,8,11-17H2,1-3H3,(H2,22,23,24);1H. The van der Waals surface area contributed by atoms with Crippen LogP contribution in [0.15, 0.2) is 35.3 Å². The van der Waals surface area contributed by atoms with E-state index in [0.29, 0.717) is 6.04 Å². The van der Waals surface area contributed by atoms with Crippen LogP contribution in [0, 0.1) is 0 Å². The lowest BCUT2D eigenvalue weighted by molar-refractivity contribution is 0.155. The number of aliphatic imine (C=N–C) groups is 1. The monoisotopic (exact) mass is 504 g/mol. The zero-order valence-electron chi connectivity index (χ0n) is 17.5. The Morgan fingerprint density at radius 1 is 1.25 bits per heavy atom. The summed E-state index contributed by atoms with van der Waals surface area (Å²) in [7, 11) is 3.59. The van der Waals surface area contributed by atoms with Gasteiger partial charge in [0.05, 0.1) is 6.54 Å². The molecule has 0 bridgehead atoms. The van der Waals surface area contributed by atoms with Gasteiger partial charge in [0.1, 0.15) is 11.9 Å². The molecule has 2 N–H and O–H groups in total. The summed E-state index contributed by atoms with van der Waals surface area (Å²) in [6, 6.07) is 10.5. The van der Waals surface area contributed by atoms with Crippen LogP contribution in [0.2, 0.25) is 0 Å². The topological polar surface area (TPSA) is 58.1 Å². The molecule has 160 valence electrons. The number of methoxy groups -OCH3 is 1. The van der Waals surface area contributed by atoms with Gasteiger partial charge in [-0.25, -0.2) is 0 Å². The SMILES string of the molecule is CCC(CNC(=NC)NC1CCN(CCCOC)CC1)Oc1ccccc1.I. The summed E-state index contributed by atoms with van der Waals surface area (Å²) in [5.74, 6) is 1.78. The fourth-order valence-corrected chi connectivity index (χ4v) is 3.29. The highest BCUT2D eigenvalue weighted by atomic mass is 127. The highest BCUT2D eigenvalue weighted by Crippen LogP contribution is 2.13. The number of likely N-dealkylation sites (tertiary alicyclic amines) is 1. The lowest BCUT2D eigenvalue weighted by Crippen LogP contribution is -2.50. The van der Waals surface area contributed by atoms with Crippen LogP contribution in [0.3, 0.4) is 0 Å². The van der Waals surface area contributed by atoms with E-state index in [0.717, 1.165) is 70.2 Å². The first-order valence-corrected chi connectivity index (χ1v) is 10.1. The van der Waals surface area contributed by atoms with Gasteiger partial charge in [0.15, 0.2) is 5.96 Å². The van der Waals surface area contributed by atoms with Crippen molar-refractivity contribution in [1.82, 2.24) is 15.5 Å². The molecule has 0 aromatic heterocycles. The van der Waals surface area contributed by atoms with Crippen LogP contribution in [0.4, 0.5) is 0 Å². The van der Waals surface area contributed by atoms with Crippen molar-refractivity contribution in [2.75, 3.05) is 46.9 Å². The van der Waals surface area contributed by atoms with Crippen LogP contribution in [-0.4, -0.2) is 69.9 Å². The maximum Gasteiger partial charge on any atom is 0.191 e. The molecule has 2 rings (SSSR count). The largest absolute Gasteiger partial charge is 0.489 e. The molecular weight excluding hydrogens is 467 g/mol.